The molecule has 7 nitrogen and oxygen atoms in total. The molecule has 0 bridgehead atoms. The lowest BCUT2D eigenvalue weighted by molar-refractivity contribution is 0.362. The summed E-state index contributed by atoms with van der Waals surface area (Å²) in [5, 5.41) is 10.8. The van der Waals surface area contributed by atoms with Gasteiger partial charge in [0.15, 0.2) is 11.6 Å². The van der Waals surface area contributed by atoms with E-state index in [2.05, 4.69) is 33.3 Å². The van der Waals surface area contributed by atoms with Crippen LogP contribution in [0, 0.1) is 18.2 Å². The van der Waals surface area contributed by atoms with Crippen molar-refractivity contribution in [2.45, 2.75) is 44.1 Å². The number of fused-ring (bicyclic) bond motifs is 1. The minimum atomic E-state index is -0.351. The number of halogens is 3. The van der Waals surface area contributed by atoms with E-state index in [1.54, 1.807) is 0 Å². The molecule has 2 aromatic heterocycles. The molecule has 170 valence electrons. The maximum Gasteiger partial charge on any atom is 0.227 e. The molecule has 0 unspecified atom stereocenters. The number of hydrogen-bond donors (Lipinski definition) is 3. The predicted octanol–water partition coefficient (Wildman–Crippen LogP) is 4.26. The highest BCUT2D eigenvalue weighted by Crippen LogP contribution is 2.41. The first kappa shape index (κ1) is 24.1. The molecular formula is C22H26Cl2FN7. The fourth-order valence-electron chi connectivity index (χ4n) is 3.84. The van der Waals surface area contributed by atoms with E-state index < -0.39 is 0 Å². The van der Waals surface area contributed by atoms with Gasteiger partial charge in [-0.25, -0.2) is 9.37 Å². The van der Waals surface area contributed by atoms with Crippen molar-refractivity contribution in [3.63, 3.8) is 0 Å². The second kappa shape index (κ2) is 9.10. The summed E-state index contributed by atoms with van der Waals surface area (Å²) in [4.78, 5) is 11.6. The highest BCUT2D eigenvalue weighted by Gasteiger charge is 2.31. The van der Waals surface area contributed by atoms with Crippen LogP contribution in [0.2, 0.25) is 0 Å². The van der Waals surface area contributed by atoms with E-state index in [0.717, 1.165) is 49.7 Å². The van der Waals surface area contributed by atoms with Crippen LogP contribution >= 0.6 is 24.8 Å². The molecule has 0 spiro atoms. The maximum atomic E-state index is 14.8. The Balaban J connectivity index is 0.00000144. The SMILES string of the molecule is C#Cc1ccc2nc(N3CCC(C)(N)CC3)nc(Nc3n[nH]c(C4CC4)c3F)c2c1.Cl.Cl. The monoisotopic (exact) mass is 477 g/mol. The van der Waals surface area contributed by atoms with Crippen LogP contribution in [-0.2, 0) is 0 Å². The molecule has 3 heterocycles. The van der Waals surface area contributed by atoms with Gasteiger partial charge in [-0.1, -0.05) is 5.92 Å². The highest BCUT2D eigenvalue weighted by atomic mass is 35.5. The predicted molar refractivity (Wildman–Crippen MR) is 130 cm³/mol. The van der Waals surface area contributed by atoms with Gasteiger partial charge in [-0.2, -0.15) is 10.1 Å². The number of benzene rings is 1. The molecule has 1 saturated heterocycles. The molecule has 0 atom stereocenters. The van der Waals surface area contributed by atoms with Gasteiger partial charge in [0.05, 0.1) is 11.2 Å². The van der Waals surface area contributed by atoms with E-state index in [4.69, 9.17) is 22.1 Å². The first-order valence-corrected chi connectivity index (χ1v) is 10.3. The summed E-state index contributed by atoms with van der Waals surface area (Å²) in [7, 11) is 0. The molecule has 10 heteroatoms. The van der Waals surface area contributed by atoms with Gasteiger partial charge in [-0.05, 0) is 50.8 Å². The molecule has 1 saturated carbocycles. The van der Waals surface area contributed by atoms with E-state index in [-0.39, 0.29) is 47.9 Å². The largest absolute Gasteiger partial charge is 0.341 e. The normalized spacial score (nSPS) is 17.2. The van der Waals surface area contributed by atoms with Gasteiger partial charge in [0.2, 0.25) is 5.95 Å². The third kappa shape index (κ3) is 4.60. The van der Waals surface area contributed by atoms with E-state index in [9.17, 15) is 4.39 Å². The Kier molecular flexibility index (Phi) is 6.84. The summed E-state index contributed by atoms with van der Waals surface area (Å²) in [6, 6.07) is 5.55. The van der Waals surface area contributed by atoms with Gasteiger partial charge in [0, 0.05) is 35.5 Å². The molecule has 1 aliphatic carbocycles. The lowest BCUT2D eigenvalue weighted by Crippen LogP contribution is -2.48. The lowest BCUT2D eigenvalue weighted by atomic mass is 9.91. The standard InChI is InChI=1S/C22H24FN7.2ClH/c1-3-13-4-7-16-15(12-13)19(26-20-17(23)18(28-29-20)14-5-6-14)27-21(25-16)30-10-8-22(2,24)9-11-30;;/h1,4,7,12,14H,5-6,8-11,24H2,2H3,(H2,25,26,27,28,29);2*1H. The van der Waals surface area contributed by atoms with Crippen molar-refractivity contribution in [2.24, 2.45) is 5.73 Å². The summed E-state index contributed by atoms with van der Waals surface area (Å²) >= 11 is 0. The number of rotatable bonds is 4. The van der Waals surface area contributed by atoms with Gasteiger partial charge >= 0.3 is 0 Å². The molecular weight excluding hydrogens is 452 g/mol. The molecule has 0 radical (unpaired) electrons. The number of hydrogen-bond acceptors (Lipinski definition) is 6. The molecule has 1 aromatic carbocycles. The van der Waals surface area contributed by atoms with Crippen LogP contribution in [0.3, 0.4) is 0 Å². The van der Waals surface area contributed by atoms with Gasteiger partial charge < -0.3 is 16.0 Å². The zero-order valence-electron chi connectivity index (χ0n) is 17.7. The minimum absolute atomic E-state index is 0. The Bertz CT molecular complexity index is 1160. The number of anilines is 3. The Morgan fingerprint density at radius 1 is 1.22 bits per heavy atom. The smallest absolute Gasteiger partial charge is 0.227 e. The summed E-state index contributed by atoms with van der Waals surface area (Å²) in [5.74, 6) is 3.73. The van der Waals surface area contributed by atoms with Gasteiger partial charge in [-0.15, -0.1) is 31.2 Å². The van der Waals surface area contributed by atoms with Crippen LogP contribution in [0.1, 0.15) is 49.8 Å². The van der Waals surface area contributed by atoms with Gasteiger partial charge in [0.25, 0.3) is 0 Å². The van der Waals surface area contributed by atoms with Gasteiger partial charge in [-0.3, -0.25) is 5.10 Å². The van der Waals surface area contributed by atoms with Crippen molar-refractivity contribution >= 4 is 53.3 Å². The Hall–Kier alpha value is -2.60. The lowest BCUT2D eigenvalue weighted by Gasteiger charge is -2.36. The molecule has 2 fully saturated rings. The summed E-state index contributed by atoms with van der Waals surface area (Å²) < 4.78 is 14.8. The van der Waals surface area contributed by atoms with Crippen LogP contribution in [0.25, 0.3) is 10.9 Å². The van der Waals surface area contributed by atoms with Crippen molar-refractivity contribution < 1.29 is 4.39 Å². The Morgan fingerprint density at radius 2 is 1.94 bits per heavy atom. The van der Waals surface area contributed by atoms with Crippen molar-refractivity contribution in [1.29, 1.82) is 0 Å². The van der Waals surface area contributed by atoms with E-state index >= 15 is 0 Å². The van der Waals surface area contributed by atoms with E-state index in [1.807, 2.05) is 18.2 Å². The number of nitrogens with one attached hydrogen (secondary N) is 2. The number of aromatic amines is 1. The first-order chi connectivity index (χ1) is 14.4. The Labute approximate surface area is 198 Å². The second-order valence-corrected chi connectivity index (χ2v) is 8.59. The Morgan fingerprint density at radius 3 is 2.59 bits per heavy atom. The van der Waals surface area contributed by atoms with Gasteiger partial charge in [0.1, 0.15) is 5.82 Å². The zero-order chi connectivity index (χ0) is 20.9. The van der Waals surface area contributed by atoms with Crippen LogP contribution in [0.5, 0.6) is 0 Å². The number of terminal acetylenes is 1. The van der Waals surface area contributed by atoms with Crippen LogP contribution in [0.15, 0.2) is 18.2 Å². The van der Waals surface area contributed by atoms with E-state index in [0.29, 0.717) is 23.0 Å². The summed E-state index contributed by atoms with van der Waals surface area (Å²) in [6.07, 6.45) is 9.25. The summed E-state index contributed by atoms with van der Waals surface area (Å²) in [6.45, 7) is 3.60. The summed E-state index contributed by atoms with van der Waals surface area (Å²) in [5.41, 5.74) is 8.10. The fourth-order valence-corrected chi connectivity index (χ4v) is 3.84. The van der Waals surface area contributed by atoms with Crippen LogP contribution < -0.4 is 16.0 Å². The molecule has 5 rings (SSSR count). The van der Waals surface area contributed by atoms with Crippen molar-refractivity contribution in [3.8, 4) is 12.3 Å². The third-order valence-corrected chi connectivity index (χ3v) is 5.99. The highest BCUT2D eigenvalue weighted by molar-refractivity contribution is 5.92. The van der Waals surface area contributed by atoms with Crippen LogP contribution in [-0.4, -0.2) is 38.8 Å². The van der Waals surface area contributed by atoms with Crippen molar-refractivity contribution in [2.75, 3.05) is 23.3 Å². The average molecular weight is 478 g/mol. The molecule has 1 aliphatic heterocycles. The molecule has 3 aromatic rings. The van der Waals surface area contributed by atoms with Crippen molar-refractivity contribution in [3.05, 3.63) is 35.3 Å². The molecule has 2 aliphatic rings. The fraction of sp³-hybridized carbons (Fsp3) is 0.409. The second-order valence-electron chi connectivity index (χ2n) is 8.59. The minimum Gasteiger partial charge on any atom is -0.341 e. The number of aromatic nitrogens is 4. The number of nitrogens with zero attached hydrogens (tertiary/aromatic N) is 4. The average Bonchev–Trinajstić information content (AvgIpc) is 3.51. The number of nitrogens with two attached hydrogens (primary N) is 1. The van der Waals surface area contributed by atoms with Crippen LogP contribution in [0.4, 0.5) is 22.0 Å². The van der Waals surface area contributed by atoms with Crippen molar-refractivity contribution in [1.82, 2.24) is 20.2 Å². The number of piperidine rings is 1. The van der Waals surface area contributed by atoms with E-state index in [1.165, 1.54) is 0 Å². The molecule has 0 amide bonds. The quantitative estimate of drug-likeness (QED) is 0.485. The number of H-pyrrole nitrogens is 1. The molecule has 32 heavy (non-hydrogen) atoms. The topological polar surface area (TPSA) is 95.8 Å². The maximum absolute atomic E-state index is 14.8. The third-order valence-electron chi connectivity index (χ3n) is 5.99. The molecule has 4 N–H and O–H groups in total. The first-order valence-electron chi connectivity index (χ1n) is 10.3. The zero-order valence-corrected chi connectivity index (χ0v) is 19.3.